The van der Waals surface area contributed by atoms with Gasteiger partial charge in [-0.25, -0.2) is 13.2 Å². The summed E-state index contributed by atoms with van der Waals surface area (Å²) >= 11 is 0. The van der Waals surface area contributed by atoms with Crippen LogP contribution in [-0.2, 0) is 4.79 Å². The Labute approximate surface area is 227 Å². The van der Waals surface area contributed by atoms with Crippen LogP contribution in [0.3, 0.4) is 0 Å². The molecule has 0 radical (unpaired) electrons. The molecule has 2 fully saturated rings. The highest BCUT2D eigenvalue weighted by Gasteiger charge is 2.33. The van der Waals surface area contributed by atoms with Gasteiger partial charge in [-0.05, 0) is 98.8 Å². The van der Waals surface area contributed by atoms with Crippen molar-refractivity contribution >= 4 is 24.1 Å². The average molecular weight is 545 g/mol. The van der Waals surface area contributed by atoms with Crippen LogP contribution in [0.1, 0.15) is 69.4 Å². The van der Waals surface area contributed by atoms with Crippen LogP contribution in [0, 0.1) is 23.4 Å². The normalized spacial score (nSPS) is 23.5. The number of rotatable bonds is 7. The Morgan fingerprint density at radius 3 is 2.28 bits per heavy atom. The van der Waals surface area contributed by atoms with E-state index < -0.39 is 23.7 Å². The molecule has 1 saturated carbocycles. The number of nitrogens with two attached hydrogens (primary N) is 1. The molecule has 1 aromatic carbocycles. The molecule has 5 N–H and O–H groups in total. The smallest absolute Gasteiger partial charge is 0.246 e. The van der Waals surface area contributed by atoms with Gasteiger partial charge in [0.05, 0.1) is 0 Å². The molecule has 39 heavy (non-hydrogen) atoms. The predicted octanol–water partition coefficient (Wildman–Crippen LogP) is 3.25. The molecule has 6 nitrogen and oxygen atoms in total. The SMILES string of the molecule is CC=c1[nH]cc(C2CCC(NC(C(N)O)C3CCN(C(=O)C=Cc4cc(F)c(F)c(F)c4)CC3)CC2)c1=CC. The number of hydrogen-bond donors (Lipinski definition) is 4. The fraction of sp³-hybridized carbons (Fsp3) is 0.500. The number of halogens is 3. The Balaban J connectivity index is 1.29. The first-order valence-electron chi connectivity index (χ1n) is 13.8. The molecular formula is C30H39F3N4O2. The number of benzene rings is 1. The van der Waals surface area contributed by atoms with Gasteiger partial charge in [-0.3, -0.25) is 4.79 Å². The van der Waals surface area contributed by atoms with Crippen LogP contribution in [0.5, 0.6) is 0 Å². The van der Waals surface area contributed by atoms with E-state index in [0.29, 0.717) is 31.8 Å². The van der Waals surface area contributed by atoms with Crippen molar-refractivity contribution in [2.45, 2.75) is 76.6 Å². The maximum Gasteiger partial charge on any atom is 0.246 e. The quantitative estimate of drug-likeness (QED) is 0.245. The van der Waals surface area contributed by atoms with E-state index in [1.807, 2.05) is 6.92 Å². The minimum Gasteiger partial charge on any atom is -0.377 e. The molecule has 2 aliphatic rings. The zero-order valence-corrected chi connectivity index (χ0v) is 22.6. The lowest BCUT2D eigenvalue weighted by Crippen LogP contribution is -2.56. The van der Waals surface area contributed by atoms with Crippen LogP contribution in [0.15, 0.2) is 24.4 Å². The van der Waals surface area contributed by atoms with Gasteiger partial charge in [-0.1, -0.05) is 12.2 Å². The number of aromatic amines is 1. The first kappa shape index (κ1) is 29.1. The van der Waals surface area contributed by atoms with Crippen molar-refractivity contribution in [1.29, 1.82) is 0 Å². The van der Waals surface area contributed by atoms with E-state index >= 15 is 0 Å². The number of likely N-dealkylation sites (tertiary alicyclic amines) is 1. The van der Waals surface area contributed by atoms with Crippen molar-refractivity contribution in [3.05, 3.63) is 63.6 Å². The van der Waals surface area contributed by atoms with Crippen molar-refractivity contribution in [1.82, 2.24) is 15.2 Å². The molecule has 2 atom stereocenters. The van der Waals surface area contributed by atoms with E-state index in [2.05, 4.69) is 35.6 Å². The van der Waals surface area contributed by atoms with Gasteiger partial charge in [0, 0.05) is 42.8 Å². The van der Waals surface area contributed by atoms with Crippen LogP contribution in [0.4, 0.5) is 13.2 Å². The molecule has 2 heterocycles. The largest absolute Gasteiger partial charge is 0.377 e. The first-order chi connectivity index (χ1) is 18.7. The van der Waals surface area contributed by atoms with E-state index in [9.17, 15) is 23.1 Å². The zero-order chi connectivity index (χ0) is 28.1. The van der Waals surface area contributed by atoms with Crippen molar-refractivity contribution in [3.63, 3.8) is 0 Å². The minimum absolute atomic E-state index is 0.0737. The summed E-state index contributed by atoms with van der Waals surface area (Å²) in [6.07, 6.45) is 13.4. The van der Waals surface area contributed by atoms with E-state index in [0.717, 1.165) is 43.2 Å². The summed E-state index contributed by atoms with van der Waals surface area (Å²) in [5.74, 6) is -3.79. The molecule has 1 aliphatic heterocycles. The van der Waals surface area contributed by atoms with Crippen LogP contribution in [0.25, 0.3) is 18.2 Å². The summed E-state index contributed by atoms with van der Waals surface area (Å²) in [7, 11) is 0. The lowest BCUT2D eigenvalue weighted by Gasteiger charge is -2.40. The number of nitrogens with zero attached hydrogens (tertiary/aromatic N) is 1. The van der Waals surface area contributed by atoms with Gasteiger partial charge in [-0.15, -0.1) is 0 Å². The molecule has 4 rings (SSSR count). The Hall–Kier alpha value is -2.88. The Morgan fingerprint density at radius 1 is 1.08 bits per heavy atom. The Kier molecular flexibility index (Phi) is 9.69. The number of aliphatic hydroxyl groups excluding tert-OH is 1. The number of H-pyrrole nitrogens is 1. The standard InChI is InChI=1S/C30H39F3N4O2/c1-3-22-23(17-35-26(22)4-2)19-6-8-21(9-7-19)36-29(30(34)39)20-11-13-37(14-12-20)27(38)10-5-18-15-24(31)28(33)25(32)16-18/h3-5,10,15-17,19-21,29-30,35-36,39H,6-9,11-14,34H2,1-2H3. The van der Waals surface area contributed by atoms with E-state index in [4.69, 9.17) is 5.73 Å². The number of piperidine rings is 1. The number of carbonyl (C=O) groups excluding carboxylic acids is 1. The zero-order valence-electron chi connectivity index (χ0n) is 22.6. The highest BCUT2D eigenvalue weighted by molar-refractivity contribution is 5.91. The summed E-state index contributed by atoms with van der Waals surface area (Å²) in [6, 6.07) is 1.70. The fourth-order valence-corrected chi connectivity index (χ4v) is 6.15. The first-order valence-corrected chi connectivity index (χ1v) is 13.8. The second-order valence-corrected chi connectivity index (χ2v) is 10.7. The predicted molar refractivity (Wildman–Crippen MR) is 147 cm³/mol. The third-order valence-electron chi connectivity index (χ3n) is 8.31. The second kappa shape index (κ2) is 13.0. The number of nitrogens with one attached hydrogen (secondary N) is 2. The summed E-state index contributed by atoms with van der Waals surface area (Å²) in [4.78, 5) is 17.7. The van der Waals surface area contributed by atoms with E-state index in [1.165, 1.54) is 22.9 Å². The summed E-state index contributed by atoms with van der Waals surface area (Å²) < 4.78 is 40.0. The monoisotopic (exact) mass is 544 g/mol. The lowest BCUT2D eigenvalue weighted by atomic mass is 9.80. The number of aromatic nitrogens is 1. The summed E-state index contributed by atoms with van der Waals surface area (Å²) in [5.41, 5.74) is 7.45. The van der Waals surface area contributed by atoms with Crippen LogP contribution < -0.4 is 21.6 Å². The average Bonchev–Trinajstić information content (AvgIpc) is 3.36. The van der Waals surface area contributed by atoms with Crippen LogP contribution in [-0.4, -0.2) is 52.3 Å². The van der Waals surface area contributed by atoms with E-state index in [-0.39, 0.29) is 29.5 Å². The maximum absolute atomic E-state index is 13.4. The van der Waals surface area contributed by atoms with E-state index in [1.54, 1.807) is 4.90 Å². The highest BCUT2D eigenvalue weighted by Crippen LogP contribution is 2.32. The topological polar surface area (TPSA) is 94.4 Å². The van der Waals surface area contributed by atoms with Crippen molar-refractivity contribution in [2.75, 3.05) is 13.1 Å². The number of hydrogen-bond acceptors (Lipinski definition) is 4. The number of carbonyl (C=O) groups is 1. The summed E-state index contributed by atoms with van der Waals surface area (Å²) in [6.45, 7) is 5.08. The molecule has 1 saturated heterocycles. The molecule has 0 spiro atoms. The summed E-state index contributed by atoms with van der Waals surface area (Å²) in [5, 5.41) is 16.5. The number of amides is 1. The molecule has 0 bridgehead atoms. The second-order valence-electron chi connectivity index (χ2n) is 10.7. The molecular weight excluding hydrogens is 505 g/mol. The Morgan fingerprint density at radius 2 is 1.72 bits per heavy atom. The van der Waals surface area contributed by atoms with Gasteiger partial charge in [-0.2, -0.15) is 0 Å². The van der Waals surface area contributed by atoms with Gasteiger partial charge < -0.3 is 26.0 Å². The maximum atomic E-state index is 13.4. The molecule has 9 heteroatoms. The highest BCUT2D eigenvalue weighted by atomic mass is 19.2. The number of aliphatic hydroxyl groups is 1. The minimum atomic E-state index is -1.53. The molecule has 1 aromatic heterocycles. The van der Waals surface area contributed by atoms with Gasteiger partial charge in [0.2, 0.25) is 5.91 Å². The lowest BCUT2D eigenvalue weighted by molar-refractivity contribution is -0.127. The third kappa shape index (κ3) is 6.83. The van der Waals surface area contributed by atoms with Crippen LogP contribution >= 0.6 is 0 Å². The molecule has 1 aliphatic carbocycles. The molecule has 212 valence electrons. The van der Waals surface area contributed by atoms with Gasteiger partial charge in [0.15, 0.2) is 17.5 Å². The molecule has 2 aromatic rings. The van der Waals surface area contributed by atoms with Crippen molar-refractivity contribution in [2.24, 2.45) is 11.7 Å². The van der Waals surface area contributed by atoms with Gasteiger partial charge in [0.25, 0.3) is 0 Å². The fourth-order valence-electron chi connectivity index (χ4n) is 6.15. The van der Waals surface area contributed by atoms with Gasteiger partial charge >= 0.3 is 0 Å². The van der Waals surface area contributed by atoms with Crippen LogP contribution in [0.2, 0.25) is 0 Å². The van der Waals surface area contributed by atoms with Gasteiger partial charge in [0.1, 0.15) is 6.23 Å². The Bertz CT molecular complexity index is 1270. The third-order valence-corrected chi connectivity index (χ3v) is 8.31. The molecule has 2 unspecified atom stereocenters. The van der Waals surface area contributed by atoms with Crippen molar-refractivity contribution < 1.29 is 23.1 Å². The van der Waals surface area contributed by atoms with Crippen molar-refractivity contribution in [3.8, 4) is 0 Å². The molecule has 1 amide bonds.